The molecule has 1 aromatic rings. The summed E-state index contributed by atoms with van der Waals surface area (Å²) < 4.78 is 0. The molecule has 0 atom stereocenters. The molecular weight excluding hydrogens is 238 g/mol. The Morgan fingerprint density at radius 1 is 1.05 bits per heavy atom. The molecular formula is C15H21N3O. The Kier molecular flexibility index (Phi) is 3.69. The van der Waals surface area contributed by atoms with E-state index in [0.717, 1.165) is 57.7 Å². The monoisotopic (exact) mass is 259 g/mol. The van der Waals surface area contributed by atoms with E-state index in [4.69, 9.17) is 0 Å². The topological polar surface area (TPSA) is 35.6 Å². The van der Waals surface area contributed by atoms with Crippen LogP contribution in [0.1, 0.15) is 23.2 Å². The number of rotatable bonds is 2. The summed E-state index contributed by atoms with van der Waals surface area (Å²) in [5.41, 5.74) is 2.00. The van der Waals surface area contributed by atoms with Crippen LogP contribution in [0.25, 0.3) is 0 Å². The number of anilines is 1. The van der Waals surface area contributed by atoms with Crippen molar-refractivity contribution in [2.75, 3.05) is 44.2 Å². The number of piperazine rings is 1. The van der Waals surface area contributed by atoms with Crippen LogP contribution in [0.3, 0.4) is 0 Å². The molecule has 2 fully saturated rings. The van der Waals surface area contributed by atoms with Crippen LogP contribution in [-0.2, 0) is 0 Å². The van der Waals surface area contributed by atoms with Crippen molar-refractivity contribution < 1.29 is 4.79 Å². The highest BCUT2D eigenvalue weighted by molar-refractivity contribution is 5.95. The highest BCUT2D eigenvalue weighted by atomic mass is 16.2. The Morgan fingerprint density at radius 2 is 1.79 bits per heavy atom. The van der Waals surface area contributed by atoms with Gasteiger partial charge in [-0.1, -0.05) is 6.07 Å². The number of carbonyl (C=O) groups is 1. The van der Waals surface area contributed by atoms with Crippen molar-refractivity contribution >= 4 is 11.6 Å². The van der Waals surface area contributed by atoms with Crippen molar-refractivity contribution in [3.8, 4) is 0 Å². The molecule has 3 rings (SSSR count). The molecule has 0 spiro atoms. The fraction of sp³-hybridized carbons (Fsp3) is 0.533. The molecule has 0 radical (unpaired) electrons. The quantitative estimate of drug-likeness (QED) is 0.870. The van der Waals surface area contributed by atoms with Crippen LogP contribution in [0.5, 0.6) is 0 Å². The Balaban J connectivity index is 1.76. The number of hydrogen-bond acceptors (Lipinski definition) is 3. The standard InChI is InChI=1S/C15H21N3O/c19-15(18-8-1-2-9-18)13-4-3-5-14(12-13)17-10-6-16-7-11-17/h3-5,12,16H,1-2,6-11H2. The lowest BCUT2D eigenvalue weighted by atomic mass is 10.1. The van der Waals surface area contributed by atoms with Gasteiger partial charge in [-0.15, -0.1) is 0 Å². The second-order valence-corrected chi connectivity index (χ2v) is 5.29. The Labute approximate surface area is 114 Å². The molecule has 1 aromatic carbocycles. The van der Waals surface area contributed by atoms with Gasteiger partial charge in [0.2, 0.25) is 0 Å². The molecule has 0 aromatic heterocycles. The van der Waals surface area contributed by atoms with Crippen LogP contribution in [0.4, 0.5) is 5.69 Å². The zero-order valence-electron chi connectivity index (χ0n) is 11.3. The van der Waals surface area contributed by atoms with Gasteiger partial charge in [-0.2, -0.15) is 0 Å². The zero-order chi connectivity index (χ0) is 13.1. The predicted octanol–water partition coefficient (Wildman–Crippen LogP) is 1.33. The van der Waals surface area contributed by atoms with Gasteiger partial charge >= 0.3 is 0 Å². The summed E-state index contributed by atoms with van der Waals surface area (Å²) in [6.45, 7) is 5.89. The zero-order valence-corrected chi connectivity index (χ0v) is 11.3. The van der Waals surface area contributed by atoms with Gasteiger partial charge in [-0.05, 0) is 31.0 Å². The van der Waals surface area contributed by atoms with E-state index in [2.05, 4.69) is 16.3 Å². The highest BCUT2D eigenvalue weighted by Crippen LogP contribution is 2.19. The van der Waals surface area contributed by atoms with E-state index in [-0.39, 0.29) is 5.91 Å². The molecule has 4 nitrogen and oxygen atoms in total. The van der Waals surface area contributed by atoms with Gasteiger partial charge in [0.1, 0.15) is 0 Å². The third kappa shape index (κ3) is 2.73. The van der Waals surface area contributed by atoms with Gasteiger partial charge < -0.3 is 15.1 Å². The second kappa shape index (κ2) is 5.61. The predicted molar refractivity (Wildman–Crippen MR) is 76.7 cm³/mol. The molecule has 1 amide bonds. The molecule has 2 saturated heterocycles. The number of hydrogen-bond donors (Lipinski definition) is 1. The first-order valence-corrected chi connectivity index (χ1v) is 7.19. The minimum absolute atomic E-state index is 0.189. The largest absolute Gasteiger partial charge is 0.369 e. The molecule has 4 heteroatoms. The maximum Gasteiger partial charge on any atom is 0.253 e. The number of benzene rings is 1. The SMILES string of the molecule is O=C(c1cccc(N2CCNCC2)c1)N1CCCC1. The van der Waals surface area contributed by atoms with Gasteiger partial charge in [0.05, 0.1) is 0 Å². The van der Waals surface area contributed by atoms with Crippen LogP contribution < -0.4 is 10.2 Å². The lowest BCUT2D eigenvalue weighted by Gasteiger charge is -2.29. The summed E-state index contributed by atoms with van der Waals surface area (Å²) in [6.07, 6.45) is 2.28. The molecule has 1 N–H and O–H groups in total. The van der Waals surface area contributed by atoms with Crippen molar-refractivity contribution in [1.29, 1.82) is 0 Å². The van der Waals surface area contributed by atoms with Crippen LogP contribution in [0.2, 0.25) is 0 Å². The van der Waals surface area contributed by atoms with Gasteiger partial charge in [-0.3, -0.25) is 4.79 Å². The molecule has 102 valence electrons. The molecule has 0 aliphatic carbocycles. The van der Waals surface area contributed by atoms with E-state index in [0.29, 0.717) is 0 Å². The van der Waals surface area contributed by atoms with Gasteiger partial charge in [0.15, 0.2) is 0 Å². The van der Waals surface area contributed by atoms with Crippen LogP contribution >= 0.6 is 0 Å². The van der Waals surface area contributed by atoms with E-state index in [1.807, 2.05) is 23.1 Å². The number of likely N-dealkylation sites (tertiary alicyclic amines) is 1. The highest BCUT2D eigenvalue weighted by Gasteiger charge is 2.20. The Hall–Kier alpha value is -1.55. The maximum absolute atomic E-state index is 12.4. The molecule has 2 heterocycles. The van der Waals surface area contributed by atoms with E-state index >= 15 is 0 Å². The molecule has 0 bridgehead atoms. The van der Waals surface area contributed by atoms with Crippen molar-refractivity contribution in [2.24, 2.45) is 0 Å². The van der Waals surface area contributed by atoms with E-state index in [1.54, 1.807) is 0 Å². The second-order valence-electron chi connectivity index (χ2n) is 5.29. The molecule has 0 unspecified atom stereocenters. The average Bonchev–Trinajstić information content (AvgIpc) is 3.02. The molecule has 19 heavy (non-hydrogen) atoms. The number of nitrogens with one attached hydrogen (secondary N) is 1. The molecule has 0 saturated carbocycles. The van der Waals surface area contributed by atoms with Gasteiger partial charge in [0.25, 0.3) is 5.91 Å². The Bertz CT molecular complexity index is 448. The first-order chi connectivity index (χ1) is 9.34. The Morgan fingerprint density at radius 3 is 2.53 bits per heavy atom. The fourth-order valence-corrected chi connectivity index (χ4v) is 2.86. The van der Waals surface area contributed by atoms with E-state index in [1.165, 1.54) is 5.69 Å². The van der Waals surface area contributed by atoms with Crippen molar-refractivity contribution in [2.45, 2.75) is 12.8 Å². The fourth-order valence-electron chi connectivity index (χ4n) is 2.86. The lowest BCUT2D eigenvalue weighted by molar-refractivity contribution is 0.0793. The summed E-state index contributed by atoms with van der Waals surface area (Å²) in [5.74, 6) is 0.189. The summed E-state index contributed by atoms with van der Waals surface area (Å²) in [6, 6.07) is 8.09. The van der Waals surface area contributed by atoms with Gasteiger partial charge in [0, 0.05) is 50.5 Å². The third-order valence-corrected chi connectivity index (χ3v) is 3.97. The van der Waals surface area contributed by atoms with Crippen LogP contribution in [0.15, 0.2) is 24.3 Å². The summed E-state index contributed by atoms with van der Waals surface area (Å²) in [7, 11) is 0. The molecule has 2 aliphatic heterocycles. The number of amides is 1. The van der Waals surface area contributed by atoms with Crippen molar-refractivity contribution in [3.63, 3.8) is 0 Å². The van der Waals surface area contributed by atoms with Gasteiger partial charge in [-0.25, -0.2) is 0 Å². The summed E-state index contributed by atoms with van der Waals surface area (Å²) in [5, 5.41) is 3.35. The van der Waals surface area contributed by atoms with Crippen LogP contribution in [0, 0.1) is 0 Å². The van der Waals surface area contributed by atoms with Crippen molar-refractivity contribution in [1.82, 2.24) is 10.2 Å². The average molecular weight is 259 g/mol. The third-order valence-electron chi connectivity index (χ3n) is 3.97. The van der Waals surface area contributed by atoms with Crippen LogP contribution in [-0.4, -0.2) is 50.1 Å². The smallest absolute Gasteiger partial charge is 0.253 e. The first-order valence-electron chi connectivity index (χ1n) is 7.19. The first kappa shape index (κ1) is 12.5. The minimum Gasteiger partial charge on any atom is -0.369 e. The summed E-state index contributed by atoms with van der Waals surface area (Å²) in [4.78, 5) is 16.7. The van der Waals surface area contributed by atoms with E-state index in [9.17, 15) is 4.79 Å². The molecule has 2 aliphatic rings. The maximum atomic E-state index is 12.4. The number of nitrogens with zero attached hydrogens (tertiary/aromatic N) is 2. The normalized spacial score (nSPS) is 19.8. The lowest BCUT2D eigenvalue weighted by Crippen LogP contribution is -2.43. The minimum atomic E-state index is 0.189. The summed E-state index contributed by atoms with van der Waals surface area (Å²) >= 11 is 0. The van der Waals surface area contributed by atoms with E-state index < -0.39 is 0 Å². The van der Waals surface area contributed by atoms with Crippen molar-refractivity contribution in [3.05, 3.63) is 29.8 Å². The number of carbonyl (C=O) groups excluding carboxylic acids is 1.